The van der Waals surface area contributed by atoms with E-state index < -0.39 is 0 Å². The standard InChI is InChI=1S/C10H20O/c1-3-4-7-10(2,11)8-9-5-6-9/h9,11H,3-8H2,1-2H3. The van der Waals surface area contributed by atoms with Crippen LogP contribution < -0.4 is 0 Å². The molecule has 0 radical (unpaired) electrons. The van der Waals surface area contributed by atoms with E-state index in [-0.39, 0.29) is 5.60 Å². The summed E-state index contributed by atoms with van der Waals surface area (Å²) in [6, 6.07) is 0. The molecule has 0 aromatic carbocycles. The second-order valence-corrected chi connectivity index (χ2v) is 4.25. The molecule has 0 bridgehead atoms. The van der Waals surface area contributed by atoms with E-state index >= 15 is 0 Å². The van der Waals surface area contributed by atoms with E-state index in [4.69, 9.17) is 0 Å². The van der Waals surface area contributed by atoms with Crippen LogP contribution in [0.25, 0.3) is 0 Å². The van der Waals surface area contributed by atoms with E-state index in [2.05, 4.69) is 6.92 Å². The van der Waals surface area contributed by atoms with Crippen LogP contribution in [0.4, 0.5) is 0 Å². The molecule has 0 aromatic heterocycles. The van der Waals surface area contributed by atoms with Gasteiger partial charge in [-0.05, 0) is 25.7 Å². The molecule has 1 aliphatic carbocycles. The normalized spacial score (nSPS) is 23.2. The molecule has 1 unspecified atom stereocenters. The largest absolute Gasteiger partial charge is 0.390 e. The maximum Gasteiger partial charge on any atom is 0.0622 e. The van der Waals surface area contributed by atoms with Crippen molar-refractivity contribution in [1.82, 2.24) is 0 Å². The summed E-state index contributed by atoms with van der Waals surface area (Å²) in [5.41, 5.74) is -0.364. The summed E-state index contributed by atoms with van der Waals surface area (Å²) in [4.78, 5) is 0. The van der Waals surface area contributed by atoms with Crippen molar-refractivity contribution in [3.8, 4) is 0 Å². The lowest BCUT2D eigenvalue weighted by molar-refractivity contribution is 0.0342. The predicted molar refractivity (Wildman–Crippen MR) is 47.5 cm³/mol. The van der Waals surface area contributed by atoms with Gasteiger partial charge in [0.25, 0.3) is 0 Å². The van der Waals surface area contributed by atoms with Gasteiger partial charge in [0.15, 0.2) is 0 Å². The Kier molecular flexibility index (Phi) is 2.94. The van der Waals surface area contributed by atoms with Crippen molar-refractivity contribution in [3.05, 3.63) is 0 Å². The van der Waals surface area contributed by atoms with Crippen LogP contribution >= 0.6 is 0 Å². The Bertz CT molecular complexity index is 114. The van der Waals surface area contributed by atoms with Crippen LogP contribution in [-0.2, 0) is 0 Å². The third-order valence-corrected chi connectivity index (χ3v) is 2.49. The van der Waals surface area contributed by atoms with Gasteiger partial charge in [-0.1, -0.05) is 32.6 Å². The third-order valence-electron chi connectivity index (χ3n) is 2.49. The van der Waals surface area contributed by atoms with Crippen molar-refractivity contribution in [3.63, 3.8) is 0 Å². The molecule has 1 rings (SSSR count). The van der Waals surface area contributed by atoms with Gasteiger partial charge in [0, 0.05) is 0 Å². The molecular weight excluding hydrogens is 136 g/mol. The Morgan fingerprint density at radius 3 is 2.55 bits per heavy atom. The zero-order valence-electron chi connectivity index (χ0n) is 7.77. The quantitative estimate of drug-likeness (QED) is 0.649. The average Bonchev–Trinajstić information content (AvgIpc) is 2.67. The smallest absolute Gasteiger partial charge is 0.0622 e. The molecule has 0 aliphatic heterocycles. The molecule has 0 heterocycles. The molecule has 1 aliphatic rings. The average molecular weight is 156 g/mol. The minimum Gasteiger partial charge on any atom is -0.390 e. The van der Waals surface area contributed by atoms with E-state index in [0.29, 0.717) is 0 Å². The van der Waals surface area contributed by atoms with Crippen LogP contribution in [0.3, 0.4) is 0 Å². The van der Waals surface area contributed by atoms with Crippen LogP contribution in [-0.4, -0.2) is 10.7 Å². The fraction of sp³-hybridized carbons (Fsp3) is 1.00. The number of aliphatic hydroxyl groups is 1. The first-order valence-corrected chi connectivity index (χ1v) is 4.86. The van der Waals surface area contributed by atoms with Gasteiger partial charge in [-0.15, -0.1) is 0 Å². The number of hydrogen-bond acceptors (Lipinski definition) is 1. The maximum atomic E-state index is 9.86. The van der Waals surface area contributed by atoms with Gasteiger partial charge in [0.2, 0.25) is 0 Å². The van der Waals surface area contributed by atoms with Crippen LogP contribution in [0.1, 0.15) is 52.4 Å². The highest BCUT2D eigenvalue weighted by Gasteiger charge is 2.30. The molecule has 1 N–H and O–H groups in total. The Morgan fingerprint density at radius 2 is 2.09 bits per heavy atom. The van der Waals surface area contributed by atoms with Crippen molar-refractivity contribution in [1.29, 1.82) is 0 Å². The van der Waals surface area contributed by atoms with Crippen LogP contribution in [0.15, 0.2) is 0 Å². The Balaban J connectivity index is 2.14. The van der Waals surface area contributed by atoms with Gasteiger partial charge >= 0.3 is 0 Å². The molecule has 66 valence electrons. The van der Waals surface area contributed by atoms with E-state index in [1.807, 2.05) is 6.92 Å². The van der Waals surface area contributed by atoms with Crippen molar-refractivity contribution < 1.29 is 5.11 Å². The SMILES string of the molecule is CCCCC(C)(O)CC1CC1. The molecule has 1 saturated carbocycles. The molecule has 1 nitrogen and oxygen atoms in total. The zero-order valence-corrected chi connectivity index (χ0v) is 7.77. The molecule has 0 spiro atoms. The van der Waals surface area contributed by atoms with Crippen LogP contribution in [0, 0.1) is 5.92 Å². The summed E-state index contributed by atoms with van der Waals surface area (Å²) in [7, 11) is 0. The van der Waals surface area contributed by atoms with Gasteiger partial charge in [0.1, 0.15) is 0 Å². The van der Waals surface area contributed by atoms with Gasteiger partial charge in [-0.25, -0.2) is 0 Å². The number of hydrogen-bond donors (Lipinski definition) is 1. The molecule has 1 atom stereocenters. The van der Waals surface area contributed by atoms with Gasteiger partial charge in [0.05, 0.1) is 5.60 Å². The van der Waals surface area contributed by atoms with Crippen molar-refractivity contribution in [2.24, 2.45) is 5.92 Å². The highest BCUT2D eigenvalue weighted by molar-refractivity contribution is 4.83. The molecule has 1 heteroatoms. The van der Waals surface area contributed by atoms with E-state index in [9.17, 15) is 5.11 Å². The summed E-state index contributed by atoms with van der Waals surface area (Å²) in [5.74, 6) is 0.849. The summed E-state index contributed by atoms with van der Waals surface area (Å²) < 4.78 is 0. The lowest BCUT2D eigenvalue weighted by Gasteiger charge is -2.22. The maximum absolute atomic E-state index is 9.86. The lowest BCUT2D eigenvalue weighted by Crippen LogP contribution is -2.24. The number of unbranched alkanes of at least 4 members (excludes halogenated alkanes) is 1. The Morgan fingerprint density at radius 1 is 1.45 bits per heavy atom. The first kappa shape index (κ1) is 9.05. The van der Waals surface area contributed by atoms with E-state index in [0.717, 1.165) is 18.8 Å². The van der Waals surface area contributed by atoms with Gasteiger partial charge in [-0.3, -0.25) is 0 Å². The fourth-order valence-electron chi connectivity index (χ4n) is 1.60. The highest BCUT2D eigenvalue weighted by atomic mass is 16.3. The minimum absolute atomic E-state index is 0.364. The second kappa shape index (κ2) is 3.57. The van der Waals surface area contributed by atoms with Crippen LogP contribution in [0.2, 0.25) is 0 Å². The molecule has 0 amide bonds. The summed E-state index contributed by atoms with van der Waals surface area (Å²) in [6.07, 6.45) is 7.08. The van der Waals surface area contributed by atoms with E-state index in [1.54, 1.807) is 0 Å². The topological polar surface area (TPSA) is 20.2 Å². The second-order valence-electron chi connectivity index (χ2n) is 4.25. The van der Waals surface area contributed by atoms with Crippen molar-refractivity contribution >= 4 is 0 Å². The molecule has 11 heavy (non-hydrogen) atoms. The first-order chi connectivity index (χ1) is 5.14. The first-order valence-electron chi connectivity index (χ1n) is 4.86. The zero-order chi connectivity index (χ0) is 8.32. The minimum atomic E-state index is -0.364. The Hall–Kier alpha value is -0.0400. The monoisotopic (exact) mass is 156 g/mol. The van der Waals surface area contributed by atoms with Crippen molar-refractivity contribution in [2.45, 2.75) is 58.0 Å². The lowest BCUT2D eigenvalue weighted by atomic mass is 9.93. The molecular formula is C10H20O. The summed E-state index contributed by atoms with van der Waals surface area (Å²) in [5, 5.41) is 9.86. The van der Waals surface area contributed by atoms with Crippen LogP contribution in [0.5, 0.6) is 0 Å². The summed E-state index contributed by atoms with van der Waals surface area (Å²) >= 11 is 0. The summed E-state index contributed by atoms with van der Waals surface area (Å²) in [6.45, 7) is 4.16. The molecule has 0 saturated heterocycles. The van der Waals surface area contributed by atoms with Crippen molar-refractivity contribution in [2.75, 3.05) is 0 Å². The van der Waals surface area contributed by atoms with E-state index in [1.165, 1.54) is 25.7 Å². The van der Waals surface area contributed by atoms with Gasteiger partial charge in [-0.2, -0.15) is 0 Å². The highest BCUT2D eigenvalue weighted by Crippen LogP contribution is 2.38. The Labute approximate surface area is 69.8 Å². The number of rotatable bonds is 5. The third kappa shape index (κ3) is 3.76. The fourth-order valence-corrected chi connectivity index (χ4v) is 1.60. The predicted octanol–water partition coefficient (Wildman–Crippen LogP) is 2.73. The molecule has 0 aromatic rings. The molecule has 1 fully saturated rings. The van der Waals surface area contributed by atoms with Gasteiger partial charge < -0.3 is 5.11 Å².